The topological polar surface area (TPSA) is 85.3 Å². The number of allylic oxidation sites excluding steroid dienone is 2. The summed E-state index contributed by atoms with van der Waals surface area (Å²) in [5.41, 5.74) is 0. The number of hydrogen-bond acceptors (Lipinski definition) is 7. The van der Waals surface area contributed by atoms with E-state index in [2.05, 4.69) is 25.3 Å². The third-order valence-corrected chi connectivity index (χ3v) is 9.41. The summed E-state index contributed by atoms with van der Waals surface area (Å²) in [6.07, 6.45) is 36.9. The van der Waals surface area contributed by atoms with Crippen LogP contribution in [0.1, 0.15) is 194 Å². The van der Waals surface area contributed by atoms with Gasteiger partial charge in [0.25, 0.3) is 0 Å². The molecule has 0 saturated carbocycles. The lowest BCUT2D eigenvalue weighted by Gasteiger charge is -2.21. The number of unbranched alkanes of at least 4 members (excludes halogenated alkanes) is 20. The molecule has 0 bridgehead atoms. The quantitative estimate of drug-likeness (QED) is 0.0387. The molecule has 0 radical (unpaired) electrons. The molecule has 7 nitrogen and oxygen atoms in total. The second-order valence-electron chi connectivity index (χ2n) is 14.2. The van der Waals surface area contributed by atoms with Crippen molar-refractivity contribution >= 4 is 12.1 Å². The number of aliphatic hydroxyl groups is 1. The Morgan fingerprint density at radius 2 is 1.16 bits per heavy atom. The molecule has 0 heterocycles. The summed E-state index contributed by atoms with van der Waals surface area (Å²) in [5, 5.41) is 9.51. The van der Waals surface area contributed by atoms with Crippen LogP contribution in [0.2, 0.25) is 0 Å². The van der Waals surface area contributed by atoms with Crippen LogP contribution in [0.3, 0.4) is 0 Å². The highest BCUT2D eigenvalue weighted by Gasteiger charge is 2.14. The van der Waals surface area contributed by atoms with Crippen LogP contribution in [0.4, 0.5) is 4.79 Å². The maximum Gasteiger partial charge on any atom is 0.508 e. The summed E-state index contributed by atoms with van der Waals surface area (Å²) in [4.78, 5) is 26.7. The van der Waals surface area contributed by atoms with Gasteiger partial charge in [-0.1, -0.05) is 128 Å². The summed E-state index contributed by atoms with van der Waals surface area (Å²) < 4.78 is 16.3. The van der Waals surface area contributed by atoms with Gasteiger partial charge in [-0.25, -0.2) is 4.79 Å². The fraction of sp³-hybridized carbons (Fsp3) is 0.860. The van der Waals surface area contributed by atoms with E-state index in [-0.39, 0.29) is 25.3 Å². The molecule has 7 heteroatoms. The SMILES string of the molecule is C=CCCCC/C=C\COC(=O)OCCCCCCN(CCO)CCCCCCCC(=O)OC(CCCCCCCC)CCCCCCCC. The van der Waals surface area contributed by atoms with E-state index in [1.807, 2.05) is 18.2 Å². The van der Waals surface area contributed by atoms with E-state index in [0.717, 1.165) is 109 Å². The fourth-order valence-corrected chi connectivity index (χ4v) is 6.26. The highest BCUT2D eigenvalue weighted by molar-refractivity contribution is 5.69. The zero-order valence-corrected chi connectivity index (χ0v) is 33.0. The van der Waals surface area contributed by atoms with E-state index < -0.39 is 6.16 Å². The van der Waals surface area contributed by atoms with Gasteiger partial charge in [0.1, 0.15) is 12.7 Å². The van der Waals surface area contributed by atoms with Gasteiger partial charge < -0.3 is 24.2 Å². The van der Waals surface area contributed by atoms with E-state index >= 15 is 0 Å². The molecule has 0 aliphatic rings. The summed E-state index contributed by atoms with van der Waals surface area (Å²) >= 11 is 0. The minimum Gasteiger partial charge on any atom is -0.462 e. The van der Waals surface area contributed by atoms with E-state index in [4.69, 9.17) is 14.2 Å². The Hall–Kier alpha value is -1.86. The first-order valence-corrected chi connectivity index (χ1v) is 21.1. The zero-order valence-electron chi connectivity index (χ0n) is 33.0. The van der Waals surface area contributed by atoms with Crippen LogP contribution >= 0.6 is 0 Å². The summed E-state index contributed by atoms with van der Waals surface area (Å²) in [5.74, 6) is 0.00142. The van der Waals surface area contributed by atoms with Crippen molar-refractivity contribution in [2.45, 2.75) is 200 Å². The molecular formula is C43H81NO6. The second-order valence-corrected chi connectivity index (χ2v) is 14.2. The Labute approximate surface area is 309 Å². The number of hydrogen-bond donors (Lipinski definition) is 1. The fourth-order valence-electron chi connectivity index (χ4n) is 6.26. The number of nitrogens with zero attached hydrogens (tertiary/aromatic N) is 1. The van der Waals surface area contributed by atoms with Gasteiger partial charge in [-0.2, -0.15) is 0 Å². The smallest absolute Gasteiger partial charge is 0.462 e. The predicted octanol–water partition coefficient (Wildman–Crippen LogP) is 12.1. The first kappa shape index (κ1) is 48.1. The number of aliphatic hydroxyl groups excluding tert-OH is 1. The van der Waals surface area contributed by atoms with Crippen molar-refractivity contribution in [2.75, 3.05) is 39.5 Å². The maximum absolute atomic E-state index is 12.7. The molecule has 0 spiro atoms. The van der Waals surface area contributed by atoms with Crippen LogP contribution in [0.5, 0.6) is 0 Å². The molecule has 0 fully saturated rings. The van der Waals surface area contributed by atoms with E-state index in [1.165, 1.54) is 77.0 Å². The lowest BCUT2D eigenvalue weighted by atomic mass is 10.0. The average molecular weight is 708 g/mol. The largest absolute Gasteiger partial charge is 0.508 e. The van der Waals surface area contributed by atoms with Crippen molar-refractivity contribution in [3.05, 3.63) is 24.8 Å². The zero-order chi connectivity index (χ0) is 36.6. The summed E-state index contributed by atoms with van der Waals surface area (Å²) in [6.45, 7) is 11.8. The summed E-state index contributed by atoms with van der Waals surface area (Å²) in [6, 6.07) is 0. The van der Waals surface area contributed by atoms with Crippen molar-refractivity contribution in [2.24, 2.45) is 0 Å². The first-order chi connectivity index (χ1) is 24.6. The molecule has 1 N–H and O–H groups in total. The van der Waals surface area contributed by atoms with Gasteiger partial charge in [-0.05, 0) is 90.1 Å². The van der Waals surface area contributed by atoms with Crippen molar-refractivity contribution in [3.63, 3.8) is 0 Å². The lowest BCUT2D eigenvalue weighted by molar-refractivity contribution is -0.150. The third-order valence-electron chi connectivity index (χ3n) is 9.41. The van der Waals surface area contributed by atoms with Gasteiger partial charge >= 0.3 is 12.1 Å². The standard InChI is InChI=1S/C43H81NO6/c1-4-7-10-13-16-23-30-39-48-43(47)49-40-31-24-22-29-36-44(37-38-45)35-28-21-17-20-27-34-42(46)50-41(32-25-18-14-11-8-5-2)33-26-19-15-12-9-6-3/h4,23,30,41,45H,1,5-22,24-29,31-40H2,2-3H3/b30-23-. The predicted molar refractivity (Wildman–Crippen MR) is 211 cm³/mol. The van der Waals surface area contributed by atoms with Crippen LogP contribution in [-0.4, -0.2) is 67.7 Å². The minimum atomic E-state index is -0.596. The molecular weight excluding hydrogens is 626 g/mol. The van der Waals surface area contributed by atoms with E-state index in [9.17, 15) is 14.7 Å². The molecule has 0 atom stereocenters. The molecule has 0 aromatic heterocycles. The molecule has 0 aliphatic heterocycles. The van der Waals surface area contributed by atoms with Gasteiger partial charge in [0.15, 0.2) is 0 Å². The van der Waals surface area contributed by atoms with E-state index in [1.54, 1.807) is 0 Å². The highest BCUT2D eigenvalue weighted by Crippen LogP contribution is 2.18. The maximum atomic E-state index is 12.7. The molecule has 0 unspecified atom stereocenters. The molecule has 0 rings (SSSR count). The number of carbonyl (C=O) groups is 2. The molecule has 0 aromatic rings. The molecule has 0 aromatic carbocycles. The normalized spacial score (nSPS) is 11.5. The number of carbonyl (C=O) groups excluding carboxylic acids is 2. The van der Waals surface area contributed by atoms with Gasteiger partial charge in [-0.3, -0.25) is 4.79 Å². The van der Waals surface area contributed by atoms with Crippen LogP contribution < -0.4 is 0 Å². The molecule has 0 aliphatic carbocycles. The summed E-state index contributed by atoms with van der Waals surface area (Å²) in [7, 11) is 0. The van der Waals surface area contributed by atoms with Crippen LogP contribution in [-0.2, 0) is 19.0 Å². The van der Waals surface area contributed by atoms with Gasteiger partial charge in [0.2, 0.25) is 0 Å². The molecule has 50 heavy (non-hydrogen) atoms. The average Bonchev–Trinajstić information content (AvgIpc) is 3.11. The Kier molecular flexibility index (Phi) is 38.4. The Morgan fingerprint density at radius 1 is 0.620 bits per heavy atom. The second kappa shape index (κ2) is 39.9. The Bertz CT molecular complexity index is 756. The third kappa shape index (κ3) is 35.9. The van der Waals surface area contributed by atoms with Crippen molar-refractivity contribution in [3.8, 4) is 0 Å². The van der Waals surface area contributed by atoms with Gasteiger partial charge in [-0.15, -0.1) is 6.58 Å². The molecule has 0 amide bonds. The van der Waals surface area contributed by atoms with Crippen molar-refractivity contribution in [1.29, 1.82) is 0 Å². The number of rotatable bonds is 39. The highest BCUT2D eigenvalue weighted by atomic mass is 16.7. The lowest BCUT2D eigenvalue weighted by Crippen LogP contribution is -2.29. The monoisotopic (exact) mass is 708 g/mol. The van der Waals surface area contributed by atoms with Crippen LogP contribution in [0, 0.1) is 0 Å². The number of ether oxygens (including phenoxy) is 3. The first-order valence-electron chi connectivity index (χ1n) is 21.1. The Balaban J connectivity index is 3.98. The van der Waals surface area contributed by atoms with Gasteiger partial charge in [0.05, 0.1) is 13.2 Å². The van der Waals surface area contributed by atoms with E-state index in [0.29, 0.717) is 19.6 Å². The Morgan fingerprint density at radius 3 is 1.76 bits per heavy atom. The van der Waals surface area contributed by atoms with Crippen molar-refractivity contribution < 1.29 is 28.9 Å². The molecule has 294 valence electrons. The minimum absolute atomic E-state index is 0.00142. The number of esters is 1. The van der Waals surface area contributed by atoms with Crippen LogP contribution in [0.25, 0.3) is 0 Å². The van der Waals surface area contributed by atoms with Gasteiger partial charge in [0, 0.05) is 13.0 Å². The van der Waals surface area contributed by atoms with Crippen molar-refractivity contribution in [1.82, 2.24) is 4.90 Å². The van der Waals surface area contributed by atoms with Crippen LogP contribution in [0.15, 0.2) is 24.8 Å². The molecule has 0 saturated heterocycles.